The van der Waals surface area contributed by atoms with Crippen LogP contribution in [0.4, 0.5) is 16.2 Å². The number of hydrogen-bond acceptors (Lipinski definition) is 5. The molecule has 29 heavy (non-hydrogen) atoms. The number of fused-ring (bicyclic) bond motifs is 1. The molecular weight excluding hydrogens is 368 g/mol. The molecule has 0 unspecified atom stereocenters. The summed E-state index contributed by atoms with van der Waals surface area (Å²) in [5.74, 6) is -0.421. The van der Waals surface area contributed by atoms with Crippen molar-refractivity contribution in [3.8, 4) is 0 Å². The fourth-order valence-corrected chi connectivity index (χ4v) is 2.77. The van der Waals surface area contributed by atoms with E-state index < -0.39 is 17.7 Å². The van der Waals surface area contributed by atoms with E-state index in [1.807, 2.05) is 63.2 Å². The number of hydrazine groups is 1. The summed E-state index contributed by atoms with van der Waals surface area (Å²) in [7, 11) is 1.33. The second kappa shape index (κ2) is 8.22. The molecule has 1 amide bonds. The van der Waals surface area contributed by atoms with E-state index in [2.05, 4.69) is 5.43 Å². The van der Waals surface area contributed by atoms with Gasteiger partial charge in [0.2, 0.25) is 0 Å². The van der Waals surface area contributed by atoms with Crippen LogP contribution in [0.1, 0.15) is 31.1 Å². The van der Waals surface area contributed by atoms with Crippen molar-refractivity contribution in [1.82, 2.24) is 0 Å². The van der Waals surface area contributed by atoms with Crippen LogP contribution >= 0.6 is 0 Å². The summed E-state index contributed by atoms with van der Waals surface area (Å²) in [5.41, 5.74) is 4.10. The number of benzene rings is 3. The first-order chi connectivity index (χ1) is 13.8. The Bertz CT molecular complexity index is 1020. The number of carbonyl (C=O) groups excluding carboxylic acids is 2. The number of hydrogen-bond donors (Lipinski definition) is 1. The van der Waals surface area contributed by atoms with Crippen molar-refractivity contribution in [3.05, 3.63) is 72.3 Å². The number of ether oxygens (including phenoxy) is 2. The van der Waals surface area contributed by atoms with E-state index in [0.29, 0.717) is 16.9 Å². The molecule has 1 N–H and O–H groups in total. The maximum absolute atomic E-state index is 12.9. The topological polar surface area (TPSA) is 67.9 Å². The monoisotopic (exact) mass is 392 g/mol. The van der Waals surface area contributed by atoms with E-state index in [0.717, 1.165) is 10.8 Å². The van der Waals surface area contributed by atoms with E-state index in [4.69, 9.17) is 9.47 Å². The van der Waals surface area contributed by atoms with Crippen molar-refractivity contribution in [2.75, 3.05) is 17.5 Å². The Kier molecular flexibility index (Phi) is 5.73. The molecule has 6 heteroatoms. The normalized spacial score (nSPS) is 11.0. The van der Waals surface area contributed by atoms with Gasteiger partial charge < -0.3 is 9.47 Å². The molecule has 0 atom stereocenters. The Labute approximate surface area is 170 Å². The van der Waals surface area contributed by atoms with Crippen LogP contribution in [0, 0.1) is 0 Å². The van der Waals surface area contributed by atoms with E-state index >= 15 is 0 Å². The molecule has 6 nitrogen and oxygen atoms in total. The molecule has 150 valence electrons. The molecule has 0 radical (unpaired) electrons. The number of nitrogens with one attached hydrogen (secondary N) is 1. The van der Waals surface area contributed by atoms with Crippen LogP contribution in [-0.4, -0.2) is 24.8 Å². The SMILES string of the molecule is COC(=O)c1ccc(NN(C(=O)OC(C)(C)C)c2ccc3ccccc3c2)cc1. The fraction of sp³-hybridized carbons (Fsp3) is 0.217. The molecule has 0 aliphatic rings. The zero-order chi connectivity index (χ0) is 21.0. The minimum absolute atomic E-state index is 0.421. The van der Waals surface area contributed by atoms with Gasteiger partial charge in [0.05, 0.1) is 24.0 Å². The number of methoxy groups -OCH3 is 1. The third-order valence-electron chi connectivity index (χ3n) is 4.11. The Morgan fingerprint density at radius 3 is 2.17 bits per heavy atom. The Morgan fingerprint density at radius 1 is 0.897 bits per heavy atom. The van der Waals surface area contributed by atoms with Crippen molar-refractivity contribution < 1.29 is 19.1 Å². The summed E-state index contributed by atoms with van der Waals surface area (Å²) in [6.45, 7) is 5.44. The quantitative estimate of drug-likeness (QED) is 0.476. The van der Waals surface area contributed by atoms with Crippen LogP contribution < -0.4 is 10.4 Å². The highest BCUT2D eigenvalue weighted by Crippen LogP contribution is 2.25. The number of esters is 1. The molecule has 0 bridgehead atoms. The van der Waals surface area contributed by atoms with Crippen molar-refractivity contribution in [2.24, 2.45) is 0 Å². The summed E-state index contributed by atoms with van der Waals surface area (Å²) < 4.78 is 10.3. The molecular formula is C23H24N2O4. The van der Waals surface area contributed by atoms with Crippen LogP contribution in [0.2, 0.25) is 0 Å². The number of rotatable bonds is 4. The van der Waals surface area contributed by atoms with Crippen LogP contribution in [0.25, 0.3) is 10.8 Å². The molecule has 3 aromatic carbocycles. The fourth-order valence-electron chi connectivity index (χ4n) is 2.77. The van der Waals surface area contributed by atoms with Gasteiger partial charge in [-0.2, -0.15) is 5.01 Å². The van der Waals surface area contributed by atoms with Gasteiger partial charge in [-0.15, -0.1) is 0 Å². The third kappa shape index (κ3) is 5.04. The highest BCUT2D eigenvalue weighted by molar-refractivity contribution is 5.95. The van der Waals surface area contributed by atoms with E-state index in [9.17, 15) is 9.59 Å². The van der Waals surface area contributed by atoms with Gasteiger partial charge in [0.25, 0.3) is 0 Å². The predicted octanol–water partition coefficient (Wildman–Crippen LogP) is 5.40. The summed E-state index contributed by atoms with van der Waals surface area (Å²) in [6, 6.07) is 20.3. The van der Waals surface area contributed by atoms with Gasteiger partial charge >= 0.3 is 12.1 Å². The van der Waals surface area contributed by atoms with Gasteiger partial charge in [0.1, 0.15) is 5.60 Å². The molecule has 0 saturated carbocycles. The second-order valence-corrected chi connectivity index (χ2v) is 7.53. The molecule has 0 heterocycles. The zero-order valence-electron chi connectivity index (χ0n) is 16.9. The summed E-state index contributed by atoms with van der Waals surface area (Å²) in [4.78, 5) is 24.5. The van der Waals surface area contributed by atoms with Gasteiger partial charge in [-0.25, -0.2) is 9.59 Å². The highest BCUT2D eigenvalue weighted by atomic mass is 16.6. The van der Waals surface area contributed by atoms with Crippen LogP contribution in [0.5, 0.6) is 0 Å². The average molecular weight is 392 g/mol. The van der Waals surface area contributed by atoms with Crippen molar-refractivity contribution in [3.63, 3.8) is 0 Å². The summed E-state index contributed by atoms with van der Waals surface area (Å²) >= 11 is 0. The zero-order valence-corrected chi connectivity index (χ0v) is 16.9. The smallest absolute Gasteiger partial charge is 0.433 e. The van der Waals surface area contributed by atoms with Gasteiger partial charge in [0.15, 0.2) is 0 Å². The first-order valence-corrected chi connectivity index (χ1v) is 9.24. The maximum Gasteiger partial charge on any atom is 0.433 e. The number of anilines is 2. The molecule has 0 aromatic heterocycles. The molecule has 0 aliphatic heterocycles. The number of amides is 1. The minimum Gasteiger partial charge on any atom is -0.465 e. The maximum atomic E-state index is 12.9. The van der Waals surface area contributed by atoms with Crippen molar-refractivity contribution in [1.29, 1.82) is 0 Å². The van der Waals surface area contributed by atoms with Crippen LogP contribution in [-0.2, 0) is 9.47 Å². The largest absolute Gasteiger partial charge is 0.465 e. The summed E-state index contributed by atoms with van der Waals surface area (Å²) in [6.07, 6.45) is -0.537. The van der Waals surface area contributed by atoms with E-state index in [1.54, 1.807) is 24.3 Å². The lowest BCUT2D eigenvalue weighted by atomic mass is 10.1. The van der Waals surface area contributed by atoms with Gasteiger partial charge in [-0.3, -0.25) is 5.43 Å². The Morgan fingerprint density at radius 2 is 1.55 bits per heavy atom. The highest BCUT2D eigenvalue weighted by Gasteiger charge is 2.24. The van der Waals surface area contributed by atoms with Crippen molar-refractivity contribution >= 4 is 34.2 Å². The summed E-state index contributed by atoms with van der Waals surface area (Å²) in [5, 5.41) is 3.43. The van der Waals surface area contributed by atoms with Gasteiger partial charge in [-0.1, -0.05) is 30.3 Å². The van der Waals surface area contributed by atoms with Gasteiger partial charge in [0, 0.05) is 0 Å². The van der Waals surface area contributed by atoms with E-state index in [1.165, 1.54) is 12.1 Å². The standard InChI is InChI=1S/C23H24N2O4/c1-23(2,3)29-22(27)25(20-14-11-16-7-5-6-8-18(16)15-20)24-19-12-9-17(10-13-19)21(26)28-4/h5-15,24H,1-4H3. The molecule has 3 aromatic rings. The first kappa shape index (κ1) is 20.2. The molecule has 0 spiro atoms. The lowest BCUT2D eigenvalue weighted by Crippen LogP contribution is -2.40. The second-order valence-electron chi connectivity index (χ2n) is 7.53. The molecule has 3 rings (SSSR count). The number of carbonyl (C=O) groups is 2. The molecule has 0 saturated heterocycles. The van der Waals surface area contributed by atoms with Crippen molar-refractivity contribution in [2.45, 2.75) is 26.4 Å². The Balaban J connectivity index is 1.93. The third-order valence-corrected chi connectivity index (χ3v) is 4.11. The lowest BCUT2D eigenvalue weighted by molar-refractivity contribution is 0.0582. The number of nitrogens with zero attached hydrogens (tertiary/aromatic N) is 1. The molecule has 0 fully saturated rings. The van der Waals surface area contributed by atoms with Gasteiger partial charge in [-0.05, 0) is 67.9 Å². The van der Waals surface area contributed by atoms with Crippen LogP contribution in [0.15, 0.2) is 66.7 Å². The lowest BCUT2D eigenvalue weighted by Gasteiger charge is -2.28. The molecule has 0 aliphatic carbocycles. The first-order valence-electron chi connectivity index (χ1n) is 9.24. The predicted molar refractivity (Wildman–Crippen MR) is 114 cm³/mol. The van der Waals surface area contributed by atoms with Crippen LogP contribution in [0.3, 0.4) is 0 Å². The Hall–Kier alpha value is -3.54. The minimum atomic E-state index is -0.650. The average Bonchev–Trinajstić information content (AvgIpc) is 2.70. The van der Waals surface area contributed by atoms with E-state index in [-0.39, 0.29) is 0 Å².